The third-order valence-electron chi connectivity index (χ3n) is 16.5. The fourth-order valence-corrected chi connectivity index (χ4v) is 14.2. The summed E-state index contributed by atoms with van der Waals surface area (Å²) in [6.45, 7) is 9.53. The lowest BCUT2D eigenvalue weighted by atomic mass is 9.80. The molecule has 316 valence electrons. The normalized spacial score (nSPS) is 13.0. The summed E-state index contributed by atoms with van der Waals surface area (Å²) in [4.78, 5) is 0. The topological polar surface area (TPSA) is 0 Å². The van der Waals surface area contributed by atoms with Gasteiger partial charge in [-0.05, 0) is 192 Å². The Hall–Kier alpha value is -8.06. The van der Waals surface area contributed by atoms with Gasteiger partial charge in [0.05, 0.1) is 0 Å². The predicted octanol–water partition coefficient (Wildman–Crippen LogP) is 19.9. The van der Waals surface area contributed by atoms with Crippen LogP contribution in [0.25, 0.3) is 163 Å². The SMILES string of the molecule is CC(C)c1c2c(c(C(C)C)c3ccccc13)-c1ccc3c4ccc5c6c(-c7ccccc7)c7c(cc8c9ccccc9c9cccc7c98)c(-c7ccccc7)c6c6ccc(c7ccc-2c1c73)c4c65. The van der Waals surface area contributed by atoms with Crippen LogP contribution in [0.1, 0.15) is 50.7 Å². The van der Waals surface area contributed by atoms with Crippen LogP contribution >= 0.6 is 0 Å². The van der Waals surface area contributed by atoms with Gasteiger partial charge in [0.25, 0.3) is 0 Å². The molecular weight excluding hydrogens is 817 g/mol. The standard InChI is InChI=1S/C68H44/c1-35(2)55-42-22-13-14-23-43(42)56(36(3)4)66-50-31-27-45-47-29-33-52-63-51(32-28-46(61(47)63)44-26-30-49(65(55)66)62(50)60(44)45)67-57(37-16-7-5-8-17-37)54-34-53-40-21-12-11-20-39(40)41-24-15-25-48(59(41)53)64(54)58(68(52)67)38-18-9-6-10-19-38/h5-36H,1-4H3. The molecule has 0 nitrogen and oxygen atoms in total. The van der Waals surface area contributed by atoms with Gasteiger partial charge in [0.2, 0.25) is 0 Å². The van der Waals surface area contributed by atoms with E-state index in [0.717, 1.165) is 0 Å². The molecule has 0 bridgehead atoms. The number of fused-ring (bicyclic) bond motifs is 14. The zero-order chi connectivity index (χ0) is 44.8. The van der Waals surface area contributed by atoms with Crippen molar-refractivity contribution in [1.82, 2.24) is 0 Å². The molecule has 15 aromatic rings. The lowest BCUT2D eigenvalue weighted by Gasteiger charge is -2.23. The Kier molecular flexibility index (Phi) is 7.02. The summed E-state index contributed by atoms with van der Waals surface area (Å²) in [7, 11) is 0. The third-order valence-corrected chi connectivity index (χ3v) is 16.5. The van der Waals surface area contributed by atoms with Crippen molar-refractivity contribution in [2.75, 3.05) is 0 Å². The maximum Gasteiger partial charge on any atom is -0.000718 e. The molecule has 0 atom stereocenters. The Labute approximate surface area is 393 Å². The summed E-state index contributed by atoms with van der Waals surface area (Å²) in [5, 5.41) is 29.8. The van der Waals surface area contributed by atoms with Crippen molar-refractivity contribution in [3.63, 3.8) is 0 Å². The molecule has 0 saturated heterocycles. The largest absolute Gasteiger partial charge is 0.0622 e. The number of hydrogen-bond acceptors (Lipinski definition) is 0. The van der Waals surface area contributed by atoms with Crippen LogP contribution in [-0.2, 0) is 0 Å². The van der Waals surface area contributed by atoms with Crippen molar-refractivity contribution in [2.45, 2.75) is 39.5 Å². The van der Waals surface area contributed by atoms with Crippen molar-refractivity contribution in [3.05, 3.63) is 193 Å². The monoisotopic (exact) mass is 860 g/mol. The lowest BCUT2D eigenvalue weighted by Crippen LogP contribution is -2.01. The zero-order valence-electron chi connectivity index (χ0n) is 38.5. The lowest BCUT2D eigenvalue weighted by molar-refractivity contribution is 0.864. The van der Waals surface area contributed by atoms with Gasteiger partial charge in [-0.1, -0.05) is 204 Å². The first kappa shape index (κ1) is 37.1. The average molecular weight is 861 g/mol. The first-order valence-electron chi connectivity index (χ1n) is 24.6. The molecule has 0 fully saturated rings. The molecule has 0 saturated carbocycles. The van der Waals surface area contributed by atoms with E-state index in [1.54, 1.807) is 0 Å². The Morgan fingerprint density at radius 3 is 1.16 bits per heavy atom. The summed E-state index contributed by atoms with van der Waals surface area (Å²) >= 11 is 0. The van der Waals surface area contributed by atoms with Crippen LogP contribution in [0.2, 0.25) is 0 Å². The minimum absolute atomic E-state index is 0.379. The van der Waals surface area contributed by atoms with E-state index in [1.165, 1.54) is 174 Å². The summed E-state index contributed by atoms with van der Waals surface area (Å²) in [5.74, 6) is 0.758. The van der Waals surface area contributed by atoms with Gasteiger partial charge < -0.3 is 0 Å². The molecule has 68 heavy (non-hydrogen) atoms. The quantitative estimate of drug-likeness (QED) is 0.122. The van der Waals surface area contributed by atoms with Crippen LogP contribution in [0.15, 0.2) is 182 Å². The number of benzene rings is 13. The molecule has 0 amide bonds. The van der Waals surface area contributed by atoms with E-state index >= 15 is 0 Å². The minimum atomic E-state index is 0.379. The van der Waals surface area contributed by atoms with Crippen molar-refractivity contribution >= 4 is 118 Å². The molecule has 0 N–H and O–H groups in total. The van der Waals surface area contributed by atoms with E-state index in [-0.39, 0.29) is 0 Å². The van der Waals surface area contributed by atoms with E-state index < -0.39 is 0 Å². The van der Waals surface area contributed by atoms with Gasteiger partial charge in [-0.2, -0.15) is 0 Å². The molecule has 0 heterocycles. The third kappa shape index (κ3) is 4.34. The molecule has 0 spiro atoms. The minimum Gasteiger partial charge on any atom is -0.0622 e. The average Bonchev–Trinajstić information content (AvgIpc) is 4.01. The highest BCUT2D eigenvalue weighted by Gasteiger charge is 2.34. The molecule has 16 rings (SSSR count). The Morgan fingerprint density at radius 2 is 0.603 bits per heavy atom. The number of rotatable bonds is 4. The molecule has 0 aromatic heterocycles. The molecular formula is C68H44. The summed E-state index contributed by atoms with van der Waals surface area (Å²) < 4.78 is 0. The highest BCUT2D eigenvalue weighted by atomic mass is 14.4. The Morgan fingerprint density at radius 1 is 0.221 bits per heavy atom. The van der Waals surface area contributed by atoms with Crippen molar-refractivity contribution in [1.29, 1.82) is 0 Å². The van der Waals surface area contributed by atoms with Gasteiger partial charge in [0.1, 0.15) is 0 Å². The first-order valence-corrected chi connectivity index (χ1v) is 24.6. The first-order chi connectivity index (χ1) is 33.5. The predicted molar refractivity (Wildman–Crippen MR) is 296 cm³/mol. The molecule has 0 heteroatoms. The van der Waals surface area contributed by atoms with E-state index in [9.17, 15) is 0 Å². The maximum absolute atomic E-state index is 2.55. The highest BCUT2D eigenvalue weighted by molar-refractivity contribution is 6.49. The van der Waals surface area contributed by atoms with Crippen LogP contribution in [0.3, 0.4) is 0 Å². The van der Waals surface area contributed by atoms with Crippen LogP contribution in [0.5, 0.6) is 0 Å². The van der Waals surface area contributed by atoms with Crippen molar-refractivity contribution < 1.29 is 0 Å². The van der Waals surface area contributed by atoms with Crippen LogP contribution in [-0.4, -0.2) is 0 Å². The number of hydrogen-bond donors (Lipinski definition) is 0. The van der Waals surface area contributed by atoms with Gasteiger partial charge >= 0.3 is 0 Å². The van der Waals surface area contributed by atoms with Gasteiger partial charge in [0.15, 0.2) is 0 Å². The summed E-state index contributed by atoms with van der Waals surface area (Å²) in [6, 6.07) is 70.1. The fourth-order valence-electron chi connectivity index (χ4n) is 14.2. The van der Waals surface area contributed by atoms with Crippen LogP contribution in [0, 0.1) is 0 Å². The van der Waals surface area contributed by atoms with Gasteiger partial charge in [-0.15, -0.1) is 0 Å². The molecule has 1 aliphatic carbocycles. The van der Waals surface area contributed by atoms with Crippen molar-refractivity contribution in [2.24, 2.45) is 0 Å². The molecule has 0 radical (unpaired) electrons. The molecule has 1 aliphatic rings. The Balaban J connectivity index is 1.11. The van der Waals surface area contributed by atoms with Gasteiger partial charge in [0, 0.05) is 0 Å². The molecule has 0 unspecified atom stereocenters. The van der Waals surface area contributed by atoms with Gasteiger partial charge in [-0.25, -0.2) is 0 Å². The highest BCUT2D eigenvalue weighted by Crippen LogP contribution is 2.60. The van der Waals surface area contributed by atoms with E-state index in [2.05, 4.69) is 210 Å². The van der Waals surface area contributed by atoms with E-state index in [4.69, 9.17) is 0 Å². The fraction of sp³-hybridized carbons (Fsp3) is 0.0882. The molecule has 15 aromatic carbocycles. The summed E-state index contributed by atoms with van der Waals surface area (Å²) in [5.41, 5.74) is 13.8. The van der Waals surface area contributed by atoms with Crippen molar-refractivity contribution in [3.8, 4) is 44.5 Å². The smallest absolute Gasteiger partial charge is 0.000718 e. The molecule has 0 aliphatic heterocycles. The van der Waals surface area contributed by atoms with E-state index in [1.807, 2.05) is 0 Å². The van der Waals surface area contributed by atoms with E-state index in [0.29, 0.717) is 11.8 Å². The Bertz CT molecular complexity index is 4570. The van der Waals surface area contributed by atoms with Gasteiger partial charge in [-0.3, -0.25) is 0 Å². The second-order valence-corrected chi connectivity index (χ2v) is 20.4. The zero-order valence-corrected chi connectivity index (χ0v) is 38.5. The van der Waals surface area contributed by atoms with Crippen LogP contribution < -0.4 is 0 Å². The maximum atomic E-state index is 2.55. The second-order valence-electron chi connectivity index (χ2n) is 20.4. The summed E-state index contributed by atoms with van der Waals surface area (Å²) in [6.07, 6.45) is 0. The van der Waals surface area contributed by atoms with Crippen LogP contribution in [0.4, 0.5) is 0 Å². The second kappa shape index (κ2) is 12.9.